The molecule has 0 fully saturated rings. The van der Waals surface area contributed by atoms with Crippen molar-refractivity contribution in [2.75, 3.05) is 5.73 Å². The van der Waals surface area contributed by atoms with Crippen molar-refractivity contribution in [3.8, 4) is 11.1 Å². The van der Waals surface area contributed by atoms with E-state index in [9.17, 15) is 0 Å². The fourth-order valence-electron chi connectivity index (χ4n) is 2.51. The van der Waals surface area contributed by atoms with Gasteiger partial charge in [0.2, 0.25) is 5.95 Å². The predicted octanol–water partition coefficient (Wildman–Crippen LogP) is 2.22. The van der Waals surface area contributed by atoms with Gasteiger partial charge in [-0.2, -0.15) is 10.1 Å². The number of rotatable bonds is 3. The van der Waals surface area contributed by atoms with Gasteiger partial charge in [0.15, 0.2) is 5.65 Å². The van der Waals surface area contributed by atoms with Crippen molar-refractivity contribution >= 4 is 11.6 Å². The minimum atomic E-state index is 0.268. The molecule has 0 atom stereocenters. The number of anilines is 1. The third kappa shape index (κ3) is 2.20. The zero-order valence-electron chi connectivity index (χ0n) is 11.8. The number of nitrogens with two attached hydrogens (primary N) is 1. The third-order valence-electron chi connectivity index (χ3n) is 3.51. The van der Waals surface area contributed by atoms with Crippen molar-refractivity contribution in [3.63, 3.8) is 0 Å². The maximum absolute atomic E-state index is 5.68. The number of nitrogen functional groups attached to an aromatic ring is 1. The van der Waals surface area contributed by atoms with Gasteiger partial charge in [-0.05, 0) is 17.7 Å². The Morgan fingerprint density at radius 3 is 2.77 bits per heavy atom. The Bertz CT molecular complexity index is 922. The second kappa shape index (κ2) is 5.00. The van der Waals surface area contributed by atoms with Crippen LogP contribution >= 0.6 is 0 Å². The summed E-state index contributed by atoms with van der Waals surface area (Å²) in [4.78, 5) is 4.28. The number of hydrogen-bond donors (Lipinski definition) is 1. The monoisotopic (exact) mass is 290 g/mol. The third-order valence-corrected chi connectivity index (χ3v) is 3.51. The lowest BCUT2D eigenvalue weighted by atomic mass is 10.1. The van der Waals surface area contributed by atoms with Crippen LogP contribution in [0.4, 0.5) is 5.95 Å². The van der Waals surface area contributed by atoms with E-state index in [1.807, 2.05) is 53.6 Å². The fourth-order valence-corrected chi connectivity index (χ4v) is 2.51. The van der Waals surface area contributed by atoms with Crippen LogP contribution in [-0.4, -0.2) is 24.4 Å². The second-order valence-corrected chi connectivity index (χ2v) is 5.07. The van der Waals surface area contributed by atoms with Gasteiger partial charge in [0.05, 0.1) is 12.7 Å². The lowest BCUT2D eigenvalue weighted by molar-refractivity contribution is 0.687. The molecule has 0 spiro atoms. The molecular weight excluding hydrogens is 276 g/mol. The summed E-state index contributed by atoms with van der Waals surface area (Å²) >= 11 is 0. The molecule has 1 aromatic carbocycles. The first kappa shape index (κ1) is 12.6. The van der Waals surface area contributed by atoms with Crippen LogP contribution in [-0.2, 0) is 6.54 Å². The molecule has 0 bridgehead atoms. The highest BCUT2D eigenvalue weighted by atomic mass is 15.3. The van der Waals surface area contributed by atoms with Crippen LogP contribution < -0.4 is 5.73 Å². The predicted molar refractivity (Wildman–Crippen MR) is 84.2 cm³/mol. The second-order valence-electron chi connectivity index (χ2n) is 5.07. The van der Waals surface area contributed by atoms with Crippen LogP contribution in [0.2, 0.25) is 0 Å². The molecule has 0 aliphatic heterocycles. The molecule has 0 saturated heterocycles. The van der Waals surface area contributed by atoms with Crippen LogP contribution in [0, 0.1) is 0 Å². The van der Waals surface area contributed by atoms with Gasteiger partial charge < -0.3 is 5.73 Å². The first-order valence-corrected chi connectivity index (χ1v) is 6.97. The summed E-state index contributed by atoms with van der Waals surface area (Å²) < 4.78 is 3.59. The topological polar surface area (TPSA) is 74.0 Å². The van der Waals surface area contributed by atoms with Gasteiger partial charge in [-0.1, -0.05) is 30.3 Å². The summed E-state index contributed by atoms with van der Waals surface area (Å²) in [5.41, 5.74) is 9.58. The molecule has 0 aliphatic carbocycles. The lowest BCUT2D eigenvalue weighted by Gasteiger charge is -2.01. The van der Waals surface area contributed by atoms with Gasteiger partial charge in [-0.15, -0.1) is 5.10 Å². The summed E-state index contributed by atoms with van der Waals surface area (Å²) in [5.74, 6) is 0.268. The molecule has 0 unspecified atom stereocenters. The van der Waals surface area contributed by atoms with Crippen molar-refractivity contribution in [3.05, 3.63) is 66.6 Å². The Balaban J connectivity index is 1.71. The molecule has 0 radical (unpaired) electrons. The van der Waals surface area contributed by atoms with E-state index in [0.717, 1.165) is 23.3 Å². The first-order chi connectivity index (χ1) is 10.8. The summed E-state index contributed by atoms with van der Waals surface area (Å²) in [6.07, 6.45) is 5.67. The molecule has 4 rings (SSSR count). The van der Waals surface area contributed by atoms with E-state index in [0.29, 0.717) is 0 Å². The maximum atomic E-state index is 5.68. The summed E-state index contributed by atoms with van der Waals surface area (Å²) in [6, 6.07) is 14.1. The molecule has 0 aliphatic rings. The van der Waals surface area contributed by atoms with E-state index in [2.05, 4.69) is 27.3 Å². The van der Waals surface area contributed by atoms with Crippen LogP contribution in [0.3, 0.4) is 0 Å². The van der Waals surface area contributed by atoms with Gasteiger partial charge in [-0.25, -0.2) is 4.52 Å². The number of fused-ring (bicyclic) bond motifs is 1. The van der Waals surface area contributed by atoms with Crippen molar-refractivity contribution in [2.24, 2.45) is 0 Å². The molecule has 6 heteroatoms. The van der Waals surface area contributed by atoms with Crippen LogP contribution in [0.1, 0.15) is 5.56 Å². The molecule has 6 nitrogen and oxygen atoms in total. The normalized spacial score (nSPS) is 11.1. The number of pyridine rings is 1. The number of nitrogens with zero attached hydrogens (tertiary/aromatic N) is 5. The molecule has 2 N–H and O–H groups in total. The molecule has 3 aromatic heterocycles. The SMILES string of the molecule is Nc1nc2c(-c3cnn(Cc4ccccc4)c3)cccn2n1. The Morgan fingerprint density at radius 1 is 1.05 bits per heavy atom. The van der Waals surface area contributed by atoms with E-state index in [-0.39, 0.29) is 5.95 Å². The van der Waals surface area contributed by atoms with Crippen molar-refractivity contribution in [1.29, 1.82) is 0 Å². The van der Waals surface area contributed by atoms with E-state index in [1.165, 1.54) is 5.56 Å². The fraction of sp³-hybridized carbons (Fsp3) is 0.0625. The van der Waals surface area contributed by atoms with E-state index >= 15 is 0 Å². The van der Waals surface area contributed by atoms with Gasteiger partial charge >= 0.3 is 0 Å². The Labute approximate surface area is 126 Å². The summed E-state index contributed by atoms with van der Waals surface area (Å²) in [7, 11) is 0. The molecule has 22 heavy (non-hydrogen) atoms. The highest BCUT2D eigenvalue weighted by Gasteiger charge is 2.10. The van der Waals surface area contributed by atoms with Crippen molar-refractivity contribution in [2.45, 2.75) is 6.54 Å². The lowest BCUT2D eigenvalue weighted by Crippen LogP contribution is -1.99. The molecule has 4 aromatic rings. The van der Waals surface area contributed by atoms with Gasteiger partial charge in [0, 0.05) is 23.5 Å². The van der Waals surface area contributed by atoms with E-state index in [1.54, 1.807) is 4.52 Å². The van der Waals surface area contributed by atoms with Gasteiger partial charge in [-0.3, -0.25) is 4.68 Å². The zero-order valence-corrected chi connectivity index (χ0v) is 11.8. The van der Waals surface area contributed by atoms with Gasteiger partial charge in [0.1, 0.15) is 0 Å². The average molecular weight is 290 g/mol. The largest absolute Gasteiger partial charge is 0.366 e. The number of hydrogen-bond acceptors (Lipinski definition) is 4. The smallest absolute Gasteiger partial charge is 0.240 e. The first-order valence-electron chi connectivity index (χ1n) is 6.97. The molecule has 108 valence electrons. The highest BCUT2D eigenvalue weighted by Crippen LogP contribution is 2.23. The summed E-state index contributed by atoms with van der Waals surface area (Å²) in [6.45, 7) is 0.735. The van der Waals surface area contributed by atoms with E-state index in [4.69, 9.17) is 5.73 Å². The minimum Gasteiger partial charge on any atom is -0.366 e. The average Bonchev–Trinajstić information content (AvgIpc) is 3.13. The Kier molecular flexibility index (Phi) is 2.86. The highest BCUT2D eigenvalue weighted by molar-refractivity contribution is 5.76. The maximum Gasteiger partial charge on any atom is 0.240 e. The number of aromatic nitrogens is 5. The molecule has 0 amide bonds. The number of benzene rings is 1. The molecular formula is C16H14N6. The zero-order chi connectivity index (χ0) is 14.9. The van der Waals surface area contributed by atoms with Gasteiger partial charge in [0.25, 0.3) is 0 Å². The molecule has 0 saturated carbocycles. The van der Waals surface area contributed by atoms with Crippen LogP contribution in [0.25, 0.3) is 16.8 Å². The Morgan fingerprint density at radius 2 is 1.91 bits per heavy atom. The van der Waals surface area contributed by atoms with Crippen LogP contribution in [0.15, 0.2) is 61.1 Å². The minimum absolute atomic E-state index is 0.268. The molecule has 3 heterocycles. The Hall–Kier alpha value is -3.15. The van der Waals surface area contributed by atoms with Crippen molar-refractivity contribution < 1.29 is 0 Å². The standard InChI is InChI=1S/C16H14N6/c17-16-19-15-14(7-4-8-22(15)20-16)13-9-18-21(11-13)10-12-5-2-1-3-6-12/h1-9,11H,10H2,(H2,17,20). The summed E-state index contributed by atoms with van der Waals surface area (Å²) in [5, 5.41) is 8.56. The van der Waals surface area contributed by atoms with Crippen molar-refractivity contribution in [1.82, 2.24) is 24.4 Å². The quantitative estimate of drug-likeness (QED) is 0.628. The van der Waals surface area contributed by atoms with E-state index < -0.39 is 0 Å². The van der Waals surface area contributed by atoms with Crippen LogP contribution in [0.5, 0.6) is 0 Å².